The van der Waals surface area contributed by atoms with Crippen LogP contribution in [0, 0.1) is 0 Å². The highest BCUT2D eigenvalue weighted by Gasteiger charge is 2.26. The molecule has 0 bridgehead atoms. The zero-order valence-electron chi connectivity index (χ0n) is 11.9. The first kappa shape index (κ1) is 16.6. The van der Waals surface area contributed by atoms with Crippen LogP contribution >= 0.6 is 0 Å². The number of ketones is 1. The molecule has 1 heterocycles. The Morgan fingerprint density at radius 1 is 1.09 bits per heavy atom. The number of aliphatic carboxylic acids is 1. The molecule has 0 aliphatic carbocycles. The van der Waals surface area contributed by atoms with Crippen molar-refractivity contribution in [2.24, 2.45) is 0 Å². The van der Waals surface area contributed by atoms with Crippen LogP contribution in [0.15, 0.2) is 29.2 Å². The lowest BCUT2D eigenvalue weighted by atomic mass is 10.1. The van der Waals surface area contributed by atoms with E-state index in [1.807, 2.05) is 0 Å². The molecule has 1 aromatic carbocycles. The Bertz CT molecular complexity index is 646. The number of nitrogens with zero attached hydrogens (tertiary/aromatic N) is 1. The van der Waals surface area contributed by atoms with Crippen LogP contribution in [-0.2, 0) is 19.6 Å². The second-order valence-corrected chi connectivity index (χ2v) is 6.80. The molecule has 0 atom stereocenters. The molecule has 1 aromatic rings. The molecule has 1 aliphatic heterocycles. The van der Waals surface area contributed by atoms with Crippen LogP contribution in [0.2, 0.25) is 0 Å². The van der Waals surface area contributed by atoms with Gasteiger partial charge in [0.1, 0.15) is 0 Å². The fourth-order valence-electron chi connectivity index (χ4n) is 2.11. The molecular formula is C14H17NO6S. The summed E-state index contributed by atoms with van der Waals surface area (Å²) in [5.41, 5.74) is 0.308. The minimum absolute atomic E-state index is 0.106. The lowest BCUT2D eigenvalue weighted by Gasteiger charge is -2.26. The summed E-state index contributed by atoms with van der Waals surface area (Å²) in [6, 6.07) is 5.58. The van der Waals surface area contributed by atoms with Crippen molar-refractivity contribution in [3.8, 4) is 0 Å². The average molecular weight is 327 g/mol. The van der Waals surface area contributed by atoms with Crippen molar-refractivity contribution in [1.29, 1.82) is 0 Å². The number of hydrogen-bond donors (Lipinski definition) is 1. The monoisotopic (exact) mass is 327 g/mol. The number of morpholine rings is 1. The number of ether oxygens (including phenoxy) is 1. The van der Waals surface area contributed by atoms with Crippen molar-refractivity contribution in [3.63, 3.8) is 0 Å². The highest BCUT2D eigenvalue weighted by Crippen LogP contribution is 2.18. The van der Waals surface area contributed by atoms with Crippen LogP contribution in [0.5, 0.6) is 0 Å². The molecule has 8 heteroatoms. The smallest absolute Gasteiger partial charge is 0.303 e. The highest BCUT2D eigenvalue weighted by molar-refractivity contribution is 7.89. The molecule has 0 unspecified atom stereocenters. The molecule has 1 saturated heterocycles. The molecule has 1 aliphatic rings. The van der Waals surface area contributed by atoms with Gasteiger partial charge in [0.25, 0.3) is 0 Å². The number of carbonyl (C=O) groups is 2. The number of Topliss-reactive ketones (excluding diaryl/α,β-unsaturated/α-hetero) is 1. The van der Waals surface area contributed by atoms with Gasteiger partial charge in [0.05, 0.1) is 24.5 Å². The van der Waals surface area contributed by atoms with Gasteiger partial charge in [-0.1, -0.05) is 12.1 Å². The highest BCUT2D eigenvalue weighted by atomic mass is 32.2. The van der Waals surface area contributed by atoms with Crippen molar-refractivity contribution in [2.75, 3.05) is 26.3 Å². The molecule has 1 N–H and O–H groups in total. The summed E-state index contributed by atoms with van der Waals surface area (Å²) in [6.07, 6.45) is -0.350. The van der Waals surface area contributed by atoms with E-state index >= 15 is 0 Å². The van der Waals surface area contributed by atoms with Gasteiger partial charge in [0.2, 0.25) is 10.0 Å². The molecule has 0 amide bonds. The lowest BCUT2D eigenvalue weighted by Crippen LogP contribution is -2.40. The Kier molecular flexibility index (Phi) is 5.28. The number of carbonyl (C=O) groups excluding carboxylic acids is 1. The van der Waals surface area contributed by atoms with Crippen molar-refractivity contribution in [1.82, 2.24) is 4.31 Å². The maximum absolute atomic E-state index is 12.4. The van der Waals surface area contributed by atoms with Crippen molar-refractivity contribution in [2.45, 2.75) is 17.7 Å². The number of sulfonamides is 1. The Labute approximate surface area is 128 Å². The van der Waals surface area contributed by atoms with Gasteiger partial charge in [-0.05, 0) is 12.1 Å². The van der Waals surface area contributed by atoms with E-state index in [-0.39, 0.29) is 23.5 Å². The van der Waals surface area contributed by atoms with E-state index in [1.165, 1.54) is 28.6 Å². The van der Waals surface area contributed by atoms with Crippen molar-refractivity contribution >= 4 is 21.8 Å². The molecule has 2 rings (SSSR count). The van der Waals surface area contributed by atoms with Crippen LogP contribution in [0.25, 0.3) is 0 Å². The maximum Gasteiger partial charge on any atom is 0.303 e. The van der Waals surface area contributed by atoms with E-state index in [4.69, 9.17) is 9.84 Å². The van der Waals surface area contributed by atoms with E-state index < -0.39 is 16.0 Å². The molecule has 0 saturated carbocycles. The quantitative estimate of drug-likeness (QED) is 0.774. The van der Waals surface area contributed by atoms with E-state index in [0.29, 0.717) is 31.9 Å². The van der Waals surface area contributed by atoms with Crippen LogP contribution in [0.4, 0.5) is 0 Å². The van der Waals surface area contributed by atoms with E-state index in [1.54, 1.807) is 0 Å². The van der Waals surface area contributed by atoms with Gasteiger partial charge < -0.3 is 9.84 Å². The lowest BCUT2D eigenvalue weighted by molar-refractivity contribution is -0.136. The summed E-state index contributed by atoms with van der Waals surface area (Å²) in [6.45, 7) is 1.35. The summed E-state index contributed by atoms with van der Waals surface area (Å²) in [4.78, 5) is 22.3. The van der Waals surface area contributed by atoms with Crippen LogP contribution < -0.4 is 0 Å². The van der Waals surface area contributed by atoms with Crippen LogP contribution in [0.3, 0.4) is 0 Å². The number of benzene rings is 1. The van der Waals surface area contributed by atoms with Gasteiger partial charge in [0, 0.05) is 25.1 Å². The van der Waals surface area contributed by atoms with Crippen molar-refractivity contribution < 1.29 is 27.9 Å². The normalized spacial score (nSPS) is 16.4. The minimum Gasteiger partial charge on any atom is -0.481 e. The molecule has 1 fully saturated rings. The fraction of sp³-hybridized carbons (Fsp3) is 0.429. The van der Waals surface area contributed by atoms with E-state index in [9.17, 15) is 18.0 Å². The third kappa shape index (κ3) is 3.90. The number of hydrogen-bond acceptors (Lipinski definition) is 5. The molecule has 0 radical (unpaired) electrons. The molecule has 0 aromatic heterocycles. The van der Waals surface area contributed by atoms with Gasteiger partial charge in [-0.2, -0.15) is 4.31 Å². The summed E-state index contributed by atoms with van der Waals surface area (Å²) >= 11 is 0. The van der Waals surface area contributed by atoms with Gasteiger partial charge >= 0.3 is 5.97 Å². The SMILES string of the molecule is O=C(O)CCC(=O)c1ccc(S(=O)(=O)N2CCOCC2)cc1. The Morgan fingerprint density at radius 3 is 2.23 bits per heavy atom. The standard InChI is InChI=1S/C14H17NO6S/c16-13(5-6-14(17)18)11-1-3-12(4-2-11)22(19,20)15-7-9-21-10-8-15/h1-4H,5-10H2,(H,17,18). The fourth-order valence-corrected chi connectivity index (χ4v) is 3.52. The number of carboxylic acid groups (broad SMARTS) is 1. The largest absolute Gasteiger partial charge is 0.481 e. The second-order valence-electron chi connectivity index (χ2n) is 4.86. The third-order valence-electron chi connectivity index (χ3n) is 3.35. The zero-order valence-corrected chi connectivity index (χ0v) is 12.7. The molecular weight excluding hydrogens is 310 g/mol. The molecule has 7 nitrogen and oxygen atoms in total. The summed E-state index contributed by atoms with van der Waals surface area (Å²) in [5.74, 6) is -1.36. The first-order valence-corrected chi connectivity index (χ1v) is 8.28. The Balaban J connectivity index is 2.10. The Morgan fingerprint density at radius 2 is 1.68 bits per heavy atom. The predicted octanol–water partition coefficient (Wildman–Crippen LogP) is 0.755. The summed E-state index contributed by atoms with van der Waals surface area (Å²) in [5, 5.41) is 8.56. The van der Waals surface area contributed by atoms with Gasteiger partial charge in [-0.25, -0.2) is 8.42 Å². The summed E-state index contributed by atoms with van der Waals surface area (Å²) in [7, 11) is -3.58. The van der Waals surface area contributed by atoms with E-state index in [2.05, 4.69) is 0 Å². The third-order valence-corrected chi connectivity index (χ3v) is 5.26. The van der Waals surface area contributed by atoms with Gasteiger partial charge in [0.15, 0.2) is 5.78 Å². The molecule has 120 valence electrons. The van der Waals surface area contributed by atoms with Crippen LogP contribution in [0.1, 0.15) is 23.2 Å². The summed E-state index contributed by atoms with van der Waals surface area (Å²) < 4.78 is 31.3. The Hall–Kier alpha value is -1.77. The van der Waals surface area contributed by atoms with E-state index in [0.717, 1.165) is 0 Å². The number of carboxylic acids is 1. The van der Waals surface area contributed by atoms with Gasteiger partial charge in [-0.3, -0.25) is 9.59 Å². The average Bonchev–Trinajstić information content (AvgIpc) is 2.53. The topological polar surface area (TPSA) is 101 Å². The van der Waals surface area contributed by atoms with Gasteiger partial charge in [-0.15, -0.1) is 0 Å². The van der Waals surface area contributed by atoms with Crippen LogP contribution in [-0.4, -0.2) is 55.9 Å². The first-order valence-electron chi connectivity index (χ1n) is 6.84. The minimum atomic E-state index is -3.58. The molecule has 0 spiro atoms. The second kappa shape index (κ2) is 6.99. The molecule has 22 heavy (non-hydrogen) atoms. The predicted molar refractivity (Wildman–Crippen MR) is 77.2 cm³/mol. The van der Waals surface area contributed by atoms with Crippen molar-refractivity contribution in [3.05, 3.63) is 29.8 Å². The number of rotatable bonds is 6. The zero-order chi connectivity index (χ0) is 16.2. The first-order chi connectivity index (χ1) is 10.4. The maximum atomic E-state index is 12.4.